The summed E-state index contributed by atoms with van der Waals surface area (Å²) >= 11 is 0. The monoisotopic (exact) mass is 387 g/mol. The molecular formula is C18H21N5O5. The molecule has 2 heterocycles. The van der Waals surface area contributed by atoms with Gasteiger partial charge in [0.15, 0.2) is 11.2 Å². The molecule has 0 aliphatic carbocycles. The highest BCUT2D eigenvalue weighted by atomic mass is 16.5. The highest BCUT2D eigenvalue weighted by Gasteiger charge is 2.22. The molecule has 3 aromatic rings. The molecule has 28 heavy (non-hydrogen) atoms. The number of imidazole rings is 1. The molecule has 0 saturated heterocycles. The first kappa shape index (κ1) is 19.2. The highest BCUT2D eigenvalue weighted by molar-refractivity contribution is 5.94. The lowest BCUT2D eigenvalue weighted by atomic mass is 10.2. The SMILES string of the molecule is COc1cc(NC(=O)C(C)n2cnc3c2c(=O)n(C)c(=O)n3C)cc(OC)c1. The molecule has 0 aliphatic heterocycles. The molecule has 3 rings (SSSR count). The van der Waals surface area contributed by atoms with E-state index in [1.54, 1.807) is 25.1 Å². The molecule has 1 aromatic carbocycles. The van der Waals surface area contributed by atoms with Gasteiger partial charge >= 0.3 is 5.69 Å². The molecule has 10 nitrogen and oxygen atoms in total. The van der Waals surface area contributed by atoms with Crippen LogP contribution < -0.4 is 26.0 Å². The van der Waals surface area contributed by atoms with Crippen molar-refractivity contribution in [2.75, 3.05) is 19.5 Å². The maximum absolute atomic E-state index is 12.8. The number of hydrogen-bond donors (Lipinski definition) is 1. The minimum atomic E-state index is -0.757. The number of methoxy groups -OCH3 is 2. The van der Waals surface area contributed by atoms with Crippen LogP contribution in [0.25, 0.3) is 11.2 Å². The number of nitrogens with zero attached hydrogens (tertiary/aromatic N) is 4. The fourth-order valence-corrected chi connectivity index (χ4v) is 2.91. The van der Waals surface area contributed by atoms with E-state index in [2.05, 4.69) is 10.3 Å². The Balaban J connectivity index is 1.99. The zero-order valence-corrected chi connectivity index (χ0v) is 16.2. The van der Waals surface area contributed by atoms with Gasteiger partial charge in [-0.25, -0.2) is 9.78 Å². The van der Waals surface area contributed by atoms with Gasteiger partial charge in [0.25, 0.3) is 5.56 Å². The molecule has 10 heteroatoms. The van der Waals surface area contributed by atoms with Crippen molar-refractivity contribution >= 4 is 22.8 Å². The minimum absolute atomic E-state index is 0.176. The van der Waals surface area contributed by atoms with E-state index in [-0.39, 0.29) is 17.1 Å². The average Bonchev–Trinajstić information content (AvgIpc) is 3.14. The number of aryl methyl sites for hydroxylation is 1. The maximum atomic E-state index is 12.8. The number of anilines is 1. The summed E-state index contributed by atoms with van der Waals surface area (Å²) in [5.41, 5.74) is -0.120. The van der Waals surface area contributed by atoms with Crippen molar-refractivity contribution in [2.24, 2.45) is 14.1 Å². The molecule has 148 valence electrons. The highest BCUT2D eigenvalue weighted by Crippen LogP contribution is 2.26. The molecule has 2 aromatic heterocycles. The second kappa shape index (κ2) is 7.22. The Morgan fingerprint density at radius 2 is 1.68 bits per heavy atom. The third kappa shape index (κ3) is 3.13. The summed E-state index contributed by atoms with van der Waals surface area (Å²) in [6.07, 6.45) is 1.38. The van der Waals surface area contributed by atoms with Crippen molar-refractivity contribution in [3.05, 3.63) is 45.4 Å². The third-order valence-electron chi connectivity index (χ3n) is 4.59. The topological polar surface area (TPSA) is 109 Å². The molecule has 0 radical (unpaired) electrons. The molecule has 0 bridgehead atoms. The maximum Gasteiger partial charge on any atom is 0.332 e. The first-order chi connectivity index (χ1) is 13.3. The summed E-state index contributed by atoms with van der Waals surface area (Å²) in [4.78, 5) is 41.5. The number of rotatable bonds is 5. The fraction of sp³-hybridized carbons (Fsp3) is 0.333. The van der Waals surface area contributed by atoms with Gasteiger partial charge in [0.05, 0.1) is 20.5 Å². The zero-order chi connectivity index (χ0) is 20.6. The van der Waals surface area contributed by atoms with E-state index in [0.29, 0.717) is 17.2 Å². The second-order valence-electron chi connectivity index (χ2n) is 6.30. The minimum Gasteiger partial charge on any atom is -0.497 e. The Labute approximate surface area is 159 Å². The normalized spacial score (nSPS) is 12.0. The van der Waals surface area contributed by atoms with Gasteiger partial charge in [-0.05, 0) is 6.92 Å². The van der Waals surface area contributed by atoms with Gasteiger partial charge < -0.3 is 19.4 Å². The number of carbonyl (C=O) groups excluding carboxylic acids is 1. The fourth-order valence-electron chi connectivity index (χ4n) is 2.91. The number of ether oxygens (including phenoxy) is 2. The average molecular weight is 387 g/mol. The van der Waals surface area contributed by atoms with Gasteiger partial charge in [-0.2, -0.15) is 0 Å². The van der Waals surface area contributed by atoms with Crippen LogP contribution in [0.3, 0.4) is 0 Å². The first-order valence-corrected chi connectivity index (χ1v) is 8.45. The lowest BCUT2D eigenvalue weighted by Crippen LogP contribution is -2.38. The molecule has 1 N–H and O–H groups in total. The van der Waals surface area contributed by atoms with Crippen LogP contribution in [0.15, 0.2) is 34.1 Å². The van der Waals surface area contributed by atoms with E-state index in [0.717, 1.165) is 4.57 Å². The molecule has 1 atom stereocenters. The van der Waals surface area contributed by atoms with Crippen molar-refractivity contribution in [3.63, 3.8) is 0 Å². The van der Waals surface area contributed by atoms with E-state index < -0.39 is 17.3 Å². The van der Waals surface area contributed by atoms with Gasteiger partial charge in [0, 0.05) is 38.0 Å². The number of nitrogens with one attached hydrogen (secondary N) is 1. The number of hydrogen-bond acceptors (Lipinski definition) is 6. The third-order valence-corrected chi connectivity index (χ3v) is 4.59. The predicted molar refractivity (Wildman–Crippen MR) is 103 cm³/mol. The van der Waals surface area contributed by atoms with Crippen LogP contribution in [0, 0.1) is 0 Å². The van der Waals surface area contributed by atoms with Gasteiger partial charge in [-0.15, -0.1) is 0 Å². The molecular weight excluding hydrogens is 366 g/mol. The van der Waals surface area contributed by atoms with Crippen molar-refractivity contribution in [1.29, 1.82) is 0 Å². The molecule has 0 aliphatic rings. The number of carbonyl (C=O) groups is 1. The van der Waals surface area contributed by atoms with Gasteiger partial charge in [0.2, 0.25) is 5.91 Å². The second-order valence-corrected chi connectivity index (χ2v) is 6.30. The number of aromatic nitrogens is 4. The van der Waals surface area contributed by atoms with E-state index in [9.17, 15) is 14.4 Å². The van der Waals surface area contributed by atoms with Crippen LogP contribution in [0.1, 0.15) is 13.0 Å². The Kier molecular flexibility index (Phi) is 4.95. The van der Waals surface area contributed by atoms with Crippen LogP contribution in [-0.4, -0.2) is 38.8 Å². The van der Waals surface area contributed by atoms with Crippen LogP contribution in [0.4, 0.5) is 5.69 Å². The van der Waals surface area contributed by atoms with E-state index in [1.807, 2.05) is 0 Å². The number of fused-ring (bicyclic) bond motifs is 1. The lowest BCUT2D eigenvalue weighted by Gasteiger charge is -2.16. The molecule has 0 spiro atoms. The summed E-state index contributed by atoms with van der Waals surface area (Å²) in [7, 11) is 5.94. The van der Waals surface area contributed by atoms with Crippen LogP contribution >= 0.6 is 0 Å². The van der Waals surface area contributed by atoms with Gasteiger partial charge in [0.1, 0.15) is 17.5 Å². The quantitative estimate of drug-likeness (QED) is 0.688. The number of amides is 1. The van der Waals surface area contributed by atoms with Crippen LogP contribution in [0.2, 0.25) is 0 Å². The summed E-state index contributed by atoms with van der Waals surface area (Å²) in [5.74, 6) is 0.684. The van der Waals surface area contributed by atoms with E-state index in [1.165, 1.54) is 43.8 Å². The van der Waals surface area contributed by atoms with Crippen molar-refractivity contribution in [2.45, 2.75) is 13.0 Å². The van der Waals surface area contributed by atoms with Crippen LogP contribution in [0.5, 0.6) is 11.5 Å². The van der Waals surface area contributed by atoms with E-state index >= 15 is 0 Å². The van der Waals surface area contributed by atoms with Crippen molar-refractivity contribution in [3.8, 4) is 11.5 Å². The van der Waals surface area contributed by atoms with Crippen LogP contribution in [-0.2, 0) is 18.9 Å². The largest absolute Gasteiger partial charge is 0.497 e. The molecule has 0 saturated carbocycles. The predicted octanol–water partition coefficient (Wildman–Crippen LogP) is 0.651. The van der Waals surface area contributed by atoms with E-state index in [4.69, 9.17) is 9.47 Å². The summed E-state index contributed by atoms with van der Waals surface area (Å²) in [5, 5.41) is 2.78. The van der Waals surface area contributed by atoms with Gasteiger partial charge in [-0.3, -0.25) is 18.7 Å². The Morgan fingerprint density at radius 1 is 1.07 bits per heavy atom. The Bertz CT molecular complexity index is 1150. The van der Waals surface area contributed by atoms with Crippen molar-refractivity contribution in [1.82, 2.24) is 18.7 Å². The first-order valence-electron chi connectivity index (χ1n) is 8.45. The van der Waals surface area contributed by atoms with Gasteiger partial charge in [-0.1, -0.05) is 0 Å². The Hall–Kier alpha value is -3.56. The summed E-state index contributed by atoms with van der Waals surface area (Å²) in [6, 6.07) is 4.24. The zero-order valence-electron chi connectivity index (χ0n) is 16.2. The molecule has 1 unspecified atom stereocenters. The van der Waals surface area contributed by atoms with Crippen molar-refractivity contribution < 1.29 is 14.3 Å². The lowest BCUT2D eigenvalue weighted by molar-refractivity contribution is -0.118. The number of benzene rings is 1. The molecule has 1 amide bonds. The molecule has 0 fully saturated rings. The Morgan fingerprint density at radius 3 is 2.25 bits per heavy atom. The summed E-state index contributed by atoms with van der Waals surface area (Å²) < 4.78 is 14.1. The summed E-state index contributed by atoms with van der Waals surface area (Å²) in [6.45, 7) is 1.64. The standard InChI is InChI=1S/C18H21N5O5/c1-10(16(24)20-11-6-12(27-4)8-13(7-11)28-5)23-9-19-15-14(23)17(25)22(3)18(26)21(15)2/h6-10H,1-5H3,(H,20,24). The smallest absolute Gasteiger partial charge is 0.332 e.